The molecule has 1 unspecified atom stereocenters. The molecule has 0 spiro atoms. The van der Waals surface area contributed by atoms with E-state index in [1.807, 2.05) is 19.2 Å². The fourth-order valence-electron chi connectivity index (χ4n) is 1.90. The molecule has 90 valence electrons. The molecule has 0 bridgehead atoms. The zero-order valence-corrected chi connectivity index (χ0v) is 11.9. The lowest BCUT2D eigenvalue weighted by atomic mass is 9.78. The van der Waals surface area contributed by atoms with Crippen molar-refractivity contribution in [1.82, 2.24) is 5.32 Å². The van der Waals surface area contributed by atoms with Gasteiger partial charge in [0, 0.05) is 6.04 Å². The first kappa shape index (κ1) is 13.7. The number of hydrogen-bond acceptors (Lipinski definition) is 1. The van der Waals surface area contributed by atoms with Crippen LogP contribution in [0, 0.1) is 11.2 Å². The molecule has 0 aliphatic carbocycles. The Bertz CT molecular complexity index is 363. The van der Waals surface area contributed by atoms with Crippen molar-refractivity contribution in [2.24, 2.45) is 5.41 Å². The fourth-order valence-corrected chi connectivity index (χ4v) is 2.30. The Hall–Kier alpha value is -0.410. The standard InChI is InChI=1S/C13H19BrFN/c1-5-13(2,3)12(16-4)9-6-7-11(15)10(14)8-9/h6-8,12,16H,5H2,1-4H3. The summed E-state index contributed by atoms with van der Waals surface area (Å²) in [6, 6.07) is 5.44. The second-order valence-corrected chi connectivity index (χ2v) is 5.59. The lowest BCUT2D eigenvalue weighted by Gasteiger charge is -2.33. The Kier molecular flexibility index (Phi) is 4.51. The van der Waals surface area contributed by atoms with Crippen LogP contribution in [0.5, 0.6) is 0 Å². The average Bonchev–Trinajstić information content (AvgIpc) is 2.24. The molecule has 1 atom stereocenters. The van der Waals surface area contributed by atoms with Crippen molar-refractivity contribution in [3.05, 3.63) is 34.1 Å². The Labute approximate surface area is 106 Å². The Balaban J connectivity index is 3.09. The molecule has 0 aliphatic heterocycles. The second kappa shape index (κ2) is 5.28. The van der Waals surface area contributed by atoms with Gasteiger partial charge in [-0.25, -0.2) is 4.39 Å². The van der Waals surface area contributed by atoms with Crippen LogP contribution in [0.25, 0.3) is 0 Å². The molecular weight excluding hydrogens is 269 g/mol. The summed E-state index contributed by atoms with van der Waals surface area (Å²) in [5.74, 6) is -0.215. The summed E-state index contributed by atoms with van der Waals surface area (Å²) in [6.45, 7) is 6.60. The van der Waals surface area contributed by atoms with Gasteiger partial charge in [-0.3, -0.25) is 0 Å². The van der Waals surface area contributed by atoms with Crippen LogP contribution in [-0.4, -0.2) is 7.05 Å². The lowest BCUT2D eigenvalue weighted by Crippen LogP contribution is -2.31. The highest BCUT2D eigenvalue weighted by atomic mass is 79.9. The largest absolute Gasteiger partial charge is 0.313 e. The van der Waals surface area contributed by atoms with Gasteiger partial charge in [-0.05, 0) is 52.5 Å². The Morgan fingerprint density at radius 2 is 2.06 bits per heavy atom. The number of nitrogens with one attached hydrogen (secondary N) is 1. The van der Waals surface area contributed by atoms with E-state index >= 15 is 0 Å². The van der Waals surface area contributed by atoms with Crippen molar-refractivity contribution in [1.29, 1.82) is 0 Å². The van der Waals surface area contributed by atoms with Crippen LogP contribution in [0.4, 0.5) is 4.39 Å². The van der Waals surface area contributed by atoms with E-state index in [1.54, 1.807) is 0 Å². The molecule has 0 saturated heterocycles. The molecule has 1 aromatic carbocycles. The minimum absolute atomic E-state index is 0.145. The normalized spacial score (nSPS) is 13.9. The van der Waals surface area contributed by atoms with Gasteiger partial charge in [-0.15, -0.1) is 0 Å². The van der Waals surface area contributed by atoms with E-state index in [9.17, 15) is 4.39 Å². The SMILES string of the molecule is CCC(C)(C)C(NC)c1ccc(F)c(Br)c1. The van der Waals surface area contributed by atoms with Crippen LogP contribution in [0.1, 0.15) is 38.8 Å². The summed E-state index contributed by atoms with van der Waals surface area (Å²) >= 11 is 3.23. The Morgan fingerprint density at radius 3 is 2.50 bits per heavy atom. The highest BCUT2D eigenvalue weighted by Crippen LogP contribution is 2.36. The highest BCUT2D eigenvalue weighted by Gasteiger charge is 2.28. The lowest BCUT2D eigenvalue weighted by molar-refractivity contribution is 0.245. The van der Waals surface area contributed by atoms with Crippen molar-refractivity contribution in [3.8, 4) is 0 Å². The molecule has 3 heteroatoms. The van der Waals surface area contributed by atoms with Crippen molar-refractivity contribution in [2.75, 3.05) is 7.05 Å². The van der Waals surface area contributed by atoms with Crippen LogP contribution in [0.15, 0.2) is 22.7 Å². The maximum Gasteiger partial charge on any atom is 0.137 e. The van der Waals surface area contributed by atoms with Gasteiger partial charge in [0.05, 0.1) is 4.47 Å². The van der Waals surface area contributed by atoms with Gasteiger partial charge >= 0.3 is 0 Å². The first-order valence-corrected chi connectivity index (χ1v) is 6.34. The molecule has 0 heterocycles. The van der Waals surface area contributed by atoms with Crippen molar-refractivity contribution in [2.45, 2.75) is 33.2 Å². The topological polar surface area (TPSA) is 12.0 Å². The van der Waals surface area contributed by atoms with Crippen LogP contribution in [0.2, 0.25) is 0 Å². The van der Waals surface area contributed by atoms with Crippen LogP contribution in [-0.2, 0) is 0 Å². The molecule has 16 heavy (non-hydrogen) atoms. The fraction of sp³-hybridized carbons (Fsp3) is 0.538. The van der Waals surface area contributed by atoms with Crippen LogP contribution >= 0.6 is 15.9 Å². The predicted octanol–water partition coefficient (Wildman–Crippen LogP) is 4.28. The summed E-state index contributed by atoms with van der Waals surface area (Å²) < 4.78 is 13.7. The minimum Gasteiger partial charge on any atom is -0.313 e. The minimum atomic E-state index is -0.215. The van der Waals surface area contributed by atoms with Crippen LogP contribution < -0.4 is 5.32 Å². The molecule has 0 aliphatic rings. The summed E-state index contributed by atoms with van der Waals surface area (Å²) in [4.78, 5) is 0. The van der Waals surface area contributed by atoms with Crippen molar-refractivity contribution < 1.29 is 4.39 Å². The summed E-state index contributed by atoms with van der Waals surface area (Å²) in [5.41, 5.74) is 1.26. The molecule has 0 amide bonds. The molecule has 0 fully saturated rings. The van der Waals surface area contributed by atoms with E-state index in [2.05, 4.69) is 42.0 Å². The van der Waals surface area contributed by atoms with Crippen molar-refractivity contribution >= 4 is 15.9 Å². The third-order valence-corrected chi connectivity index (χ3v) is 3.87. The van der Waals surface area contributed by atoms with Gasteiger partial charge in [-0.1, -0.05) is 26.8 Å². The number of benzene rings is 1. The van der Waals surface area contributed by atoms with Crippen LogP contribution in [0.3, 0.4) is 0 Å². The van der Waals surface area contributed by atoms with E-state index in [4.69, 9.17) is 0 Å². The average molecular weight is 288 g/mol. The first-order chi connectivity index (χ1) is 7.42. The molecule has 1 rings (SSSR count). The molecule has 1 N–H and O–H groups in total. The van der Waals surface area contributed by atoms with E-state index in [1.165, 1.54) is 6.07 Å². The zero-order chi connectivity index (χ0) is 12.3. The van der Waals surface area contributed by atoms with Gasteiger partial charge in [0.15, 0.2) is 0 Å². The molecule has 0 saturated carbocycles. The summed E-state index contributed by atoms with van der Waals surface area (Å²) in [5, 5.41) is 3.31. The number of hydrogen-bond donors (Lipinski definition) is 1. The summed E-state index contributed by atoms with van der Waals surface area (Å²) in [7, 11) is 1.94. The molecule has 0 aromatic heterocycles. The zero-order valence-electron chi connectivity index (χ0n) is 10.3. The third-order valence-electron chi connectivity index (χ3n) is 3.26. The van der Waals surface area contributed by atoms with Gasteiger partial charge in [0.1, 0.15) is 5.82 Å². The van der Waals surface area contributed by atoms with Gasteiger partial charge in [0.2, 0.25) is 0 Å². The third kappa shape index (κ3) is 2.83. The van der Waals surface area contributed by atoms with Crippen molar-refractivity contribution in [3.63, 3.8) is 0 Å². The van der Waals surface area contributed by atoms with E-state index < -0.39 is 0 Å². The number of rotatable bonds is 4. The van der Waals surface area contributed by atoms with E-state index in [0.717, 1.165) is 12.0 Å². The summed E-state index contributed by atoms with van der Waals surface area (Å²) in [6.07, 6.45) is 1.06. The van der Waals surface area contributed by atoms with E-state index in [0.29, 0.717) is 4.47 Å². The van der Waals surface area contributed by atoms with E-state index in [-0.39, 0.29) is 17.3 Å². The molecular formula is C13H19BrFN. The quantitative estimate of drug-likeness (QED) is 0.871. The smallest absolute Gasteiger partial charge is 0.137 e. The highest BCUT2D eigenvalue weighted by molar-refractivity contribution is 9.10. The second-order valence-electron chi connectivity index (χ2n) is 4.74. The molecule has 0 radical (unpaired) electrons. The number of halogens is 2. The first-order valence-electron chi connectivity index (χ1n) is 5.54. The molecule has 1 nitrogen and oxygen atoms in total. The Morgan fingerprint density at radius 1 is 1.44 bits per heavy atom. The monoisotopic (exact) mass is 287 g/mol. The van der Waals surface area contributed by atoms with Gasteiger partial charge in [0.25, 0.3) is 0 Å². The van der Waals surface area contributed by atoms with Gasteiger partial charge < -0.3 is 5.32 Å². The maximum absolute atomic E-state index is 13.2. The molecule has 1 aromatic rings. The maximum atomic E-state index is 13.2. The van der Waals surface area contributed by atoms with Gasteiger partial charge in [-0.2, -0.15) is 0 Å². The predicted molar refractivity (Wildman–Crippen MR) is 70.0 cm³/mol.